The van der Waals surface area contributed by atoms with E-state index in [0.717, 1.165) is 10.9 Å². The Morgan fingerprint density at radius 2 is 1.81 bits per heavy atom. The molecule has 5 heteroatoms. The van der Waals surface area contributed by atoms with Gasteiger partial charge in [-0.25, -0.2) is 0 Å². The number of rotatable bonds is 2. The lowest BCUT2D eigenvalue weighted by Gasteiger charge is -2.09. The molecule has 0 radical (unpaired) electrons. The molecule has 0 atom stereocenters. The van der Waals surface area contributed by atoms with Gasteiger partial charge < -0.3 is 9.88 Å². The number of nitrogens with zero attached hydrogens (tertiary/aromatic N) is 1. The highest BCUT2D eigenvalue weighted by Gasteiger charge is 2.12. The molecule has 1 N–H and O–H groups in total. The van der Waals surface area contributed by atoms with Crippen LogP contribution in [0.25, 0.3) is 10.9 Å². The molecule has 1 aromatic heterocycles. The summed E-state index contributed by atoms with van der Waals surface area (Å²) in [6.07, 6.45) is 1.96. The minimum Gasteiger partial charge on any atom is -0.351 e. The van der Waals surface area contributed by atoms with E-state index < -0.39 is 0 Å². The van der Waals surface area contributed by atoms with Crippen LogP contribution in [0.4, 0.5) is 5.69 Å². The topological polar surface area (TPSA) is 34.0 Å². The molecule has 0 bridgehead atoms. The number of hydrogen-bond acceptors (Lipinski definition) is 1. The summed E-state index contributed by atoms with van der Waals surface area (Å²) in [5.41, 5.74) is 1.98. The average Bonchev–Trinajstić information content (AvgIpc) is 2.84. The second-order valence-corrected chi connectivity index (χ2v) is 5.57. The summed E-state index contributed by atoms with van der Waals surface area (Å²) in [4.78, 5) is 12.4. The molecule has 0 fully saturated rings. The van der Waals surface area contributed by atoms with Crippen LogP contribution in [0.15, 0.2) is 48.7 Å². The van der Waals surface area contributed by atoms with Crippen LogP contribution in [0, 0.1) is 0 Å². The van der Waals surface area contributed by atoms with Gasteiger partial charge in [-0.1, -0.05) is 35.3 Å². The van der Waals surface area contributed by atoms with Crippen LogP contribution in [0.1, 0.15) is 10.4 Å². The molecule has 0 saturated carbocycles. The number of aromatic nitrogens is 1. The van der Waals surface area contributed by atoms with Crippen LogP contribution in [0.3, 0.4) is 0 Å². The minimum absolute atomic E-state index is 0.242. The van der Waals surface area contributed by atoms with Gasteiger partial charge >= 0.3 is 0 Å². The summed E-state index contributed by atoms with van der Waals surface area (Å²) < 4.78 is 1.97. The van der Waals surface area contributed by atoms with Crippen molar-refractivity contribution in [2.75, 3.05) is 5.32 Å². The molecule has 3 nitrogen and oxygen atoms in total. The Kier molecular flexibility index (Phi) is 3.62. The van der Waals surface area contributed by atoms with Crippen molar-refractivity contribution in [3.8, 4) is 0 Å². The molecule has 106 valence electrons. The molecule has 2 aromatic carbocycles. The van der Waals surface area contributed by atoms with Gasteiger partial charge in [-0.05, 0) is 35.7 Å². The van der Waals surface area contributed by atoms with E-state index in [2.05, 4.69) is 5.32 Å². The molecule has 3 aromatic rings. The molecule has 0 aliphatic carbocycles. The highest BCUT2D eigenvalue weighted by atomic mass is 35.5. The number of benzene rings is 2. The quantitative estimate of drug-likeness (QED) is 0.727. The molecule has 3 rings (SSSR count). The maximum Gasteiger partial charge on any atom is 0.255 e. The first-order valence-electron chi connectivity index (χ1n) is 6.37. The minimum atomic E-state index is -0.242. The zero-order chi connectivity index (χ0) is 15.0. The van der Waals surface area contributed by atoms with Crippen molar-refractivity contribution < 1.29 is 4.79 Å². The number of amides is 1. The number of para-hydroxylation sites is 1. The number of nitrogens with one attached hydrogen (secondary N) is 1. The van der Waals surface area contributed by atoms with Gasteiger partial charge in [0.05, 0.1) is 15.7 Å². The molecular weight excluding hydrogens is 307 g/mol. The third-order valence-electron chi connectivity index (χ3n) is 3.35. The van der Waals surface area contributed by atoms with Crippen LogP contribution in [0.5, 0.6) is 0 Å². The molecular formula is C16H12Cl2N2O. The number of carbonyl (C=O) groups excluding carboxylic acids is 1. The lowest BCUT2D eigenvalue weighted by Crippen LogP contribution is -2.12. The Bertz CT molecular complexity index is 819. The highest BCUT2D eigenvalue weighted by Crippen LogP contribution is 2.30. The fourth-order valence-electron chi connectivity index (χ4n) is 2.21. The summed E-state index contributed by atoms with van der Waals surface area (Å²) in [5.74, 6) is -0.242. The molecule has 21 heavy (non-hydrogen) atoms. The molecule has 0 unspecified atom stereocenters. The average molecular weight is 319 g/mol. The molecule has 0 spiro atoms. The second-order valence-electron chi connectivity index (χ2n) is 4.75. The first-order chi connectivity index (χ1) is 10.1. The predicted molar refractivity (Wildman–Crippen MR) is 87.3 cm³/mol. The second kappa shape index (κ2) is 5.43. The first kappa shape index (κ1) is 14.0. The summed E-state index contributed by atoms with van der Waals surface area (Å²) in [7, 11) is 1.94. The standard InChI is InChI=1S/C16H12Cl2N2O/c1-20-8-7-10-5-6-11(9-14(10)20)16(21)19-15-12(17)3-2-4-13(15)18/h2-9H,1H3,(H,19,21). The maximum atomic E-state index is 12.4. The lowest BCUT2D eigenvalue weighted by atomic mass is 10.1. The van der Waals surface area contributed by atoms with Crippen molar-refractivity contribution in [3.63, 3.8) is 0 Å². The highest BCUT2D eigenvalue weighted by molar-refractivity contribution is 6.40. The Labute approximate surface area is 132 Å². The zero-order valence-corrected chi connectivity index (χ0v) is 12.7. The van der Waals surface area contributed by atoms with Crippen molar-refractivity contribution in [2.24, 2.45) is 7.05 Å². The normalized spacial score (nSPS) is 10.8. The first-order valence-corrected chi connectivity index (χ1v) is 7.12. The monoisotopic (exact) mass is 318 g/mol. The van der Waals surface area contributed by atoms with E-state index >= 15 is 0 Å². The van der Waals surface area contributed by atoms with E-state index in [4.69, 9.17) is 23.2 Å². The Balaban J connectivity index is 1.95. The maximum absolute atomic E-state index is 12.4. The number of aryl methyl sites for hydroxylation is 1. The van der Waals surface area contributed by atoms with Gasteiger partial charge in [-0.3, -0.25) is 4.79 Å². The van der Waals surface area contributed by atoms with E-state index in [1.54, 1.807) is 24.3 Å². The fourth-order valence-corrected chi connectivity index (χ4v) is 2.70. The Morgan fingerprint density at radius 1 is 1.10 bits per heavy atom. The zero-order valence-electron chi connectivity index (χ0n) is 11.2. The van der Waals surface area contributed by atoms with Gasteiger partial charge in [0.25, 0.3) is 5.91 Å². The fraction of sp³-hybridized carbons (Fsp3) is 0.0625. The van der Waals surface area contributed by atoms with Crippen molar-refractivity contribution in [2.45, 2.75) is 0 Å². The third kappa shape index (κ3) is 2.62. The number of halogens is 2. The number of hydrogen-bond donors (Lipinski definition) is 1. The molecule has 1 heterocycles. The molecule has 0 aliphatic heterocycles. The van der Waals surface area contributed by atoms with Crippen LogP contribution in [-0.4, -0.2) is 10.5 Å². The Morgan fingerprint density at radius 3 is 2.52 bits per heavy atom. The summed E-state index contributed by atoms with van der Waals surface area (Å²) in [6.45, 7) is 0. The number of anilines is 1. The smallest absolute Gasteiger partial charge is 0.255 e. The van der Waals surface area contributed by atoms with Crippen molar-refractivity contribution >= 4 is 45.7 Å². The lowest BCUT2D eigenvalue weighted by molar-refractivity contribution is 0.102. The summed E-state index contributed by atoms with van der Waals surface area (Å²) in [6, 6.07) is 12.6. The number of carbonyl (C=O) groups is 1. The largest absolute Gasteiger partial charge is 0.351 e. The third-order valence-corrected chi connectivity index (χ3v) is 3.98. The van der Waals surface area contributed by atoms with Gasteiger partial charge in [0, 0.05) is 24.3 Å². The van der Waals surface area contributed by atoms with Crippen LogP contribution >= 0.6 is 23.2 Å². The van der Waals surface area contributed by atoms with Crippen LogP contribution in [0.2, 0.25) is 10.0 Å². The Hall–Kier alpha value is -1.97. The summed E-state index contributed by atoms with van der Waals surface area (Å²) >= 11 is 12.1. The molecule has 1 amide bonds. The number of fused-ring (bicyclic) bond motifs is 1. The van der Waals surface area contributed by atoms with Gasteiger partial charge in [0.15, 0.2) is 0 Å². The summed E-state index contributed by atoms with van der Waals surface area (Å²) in [5, 5.41) is 4.67. The van der Waals surface area contributed by atoms with Gasteiger partial charge in [-0.15, -0.1) is 0 Å². The van der Waals surface area contributed by atoms with Gasteiger partial charge in [0.1, 0.15) is 0 Å². The van der Waals surface area contributed by atoms with E-state index in [9.17, 15) is 4.79 Å². The van der Waals surface area contributed by atoms with Gasteiger partial charge in [-0.2, -0.15) is 0 Å². The predicted octanol–water partition coefficient (Wildman–Crippen LogP) is 4.74. The van der Waals surface area contributed by atoms with E-state index in [-0.39, 0.29) is 5.91 Å². The van der Waals surface area contributed by atoms with Crippen molar-refractivity contribution in [1.29, 1.82) is 0 Å². The SMILES string of the molecule is Cn1ccc2ccc(C(=O)Nc3c(Cl)cccc3Cl)cc21. The van der Waals surface area contributed by atoms with Crippen LogP contribution in [-0.2, 0) is 7.05 Å². The van der Waals surface area contributed by atoms with Crippen molar-refractivity contribution in [3.05, 3.63) is 64.3 Å². The van der Waals surface area contributed by atoms with E-state index in [0.29, 0.717) is 21.3 Å². The molecule has 0 saturated heterocycles. The van der Waals surface area contributed by atoms with Gasteiger partial charge in [0.2, 0.25) is 0 Å². The van der Waals surface area contributed by atoms with E-state index in [1.165, 1.54) is 0 Å². The van der Waals surface area contributed by atoms with Crippen molar-refractivity contribution in [1.82, 2.24) is 4.57 Å². The van der Waals surface area contributed by atoms with E-state index in [1.807, 2.05) is 36.0 Å². The molecule has 0 aliphatic rings. The van der Waals surface area contributed by atoms with Crippen LogP contribution < -0.4 is 5.32 Å².